The molecule has 27 heavy (non-hydrogen) atoms. The van der Waals surface area contributed by atoms with Crippen LogP contribution in [0.15, 0.2) is 0 Å². The Bertz CT molecular complexity index is 559. The quantitative estimate of drug-likeness (QED) is 0.702. The number of ether oxygens (including phenoxy) is 2. The summed E-state index contributed by atoms with van der Waals surface area (Å²) in [7, 11) is 0. The first-order chi connectivity index (χ1) is 12.7. The van der Waals surface area contributed by atoms with E-state index in [4.69, 9.17) is 14.7 Å². The molecular formula is C18H30N4O5. The van der Waals surface area contributed by atoms with Gasteiger partial charge in [0.25, 0.3) is 0 Å². The van der Waals surface area contributed by atoms with Gasteiger partial charge < -0.3 is 24.6 Å². The molecule has 1 N–H and O–H groups in total. The molecule has 0 bridgehead atoms. The van der Waals surface area contributed by atoms with E-state index in [0.717, 1.165) is 12.8 Å². The SMILES string of the molecule is CCCCOC(=O)N1CCN(C(=O)C(CC#N)NC(=O)OC(C)(C)C)CC1. The zero-order valence-electron chi connectivity index (χ0n) is 16.6. The summed E-state index contributed by atoms with van der Waals surface area (Å²) in [6.45, 7) is 8.88. The van der Waals surface area contributed by atoms with Crippen LogP contribution in [0, 0.1) is 11.3 Å². The Balaban J connectivity index is 2.55. The van der Waals surface area contributed by atoms with Gasteiger partial charge in [0.2, 0.25) is 5.91 Å². The van der Waals surface area contributed by atoms with Crippen molar-refractivity contribution in [2.45, 2.75) is 58.6 Å². The lowest BCUT2D eigenvalue weighted by atomic mass is 10.1. The fourth-order valence-electron chi connectivity index (χ4n) is 2.47. The first kappa shape index (κ1) is 22.5. The highest BCUT2D eigenvalue weighted by Gasteiger charge is 2.31. The van der Waals surface area contributed by atoms with Crippen LogP contribution in [0.3, 0.4) is 0 Å². The van der Waals surface area contributed by atoms with Crippen molar-refractivity contribution in [3.8, 4) is 6.07 Å². The molecule has 1 aliphatic rings. The fourth-order valence-corrected chi connectivity index (χ4v) is 2.47. The molecule has 3 amide bonds. The lowest BCUT2D eigenvalue weighted by Gasteiger charge is -2.35. The van der Waals surface area contributed by atoms with E-state index in [1.807, 2.05) is 13.0 Å². The van der Waals surface area contributed by atoms with Crippen LogP contribution in [0.25, 0.3) is 0 Å². The summed E-state index contributed by atoms with van der Waals surface area (Å²) < 4.78 is 10.3. The Labute approximate surface area is 160 Å². The molecule has 0 aromatic heterocycles. The Morgan fingerprint density at radius 1 is 1.15 bits per heavy atom. The van der Waals surface area contributed by atoms with Crippen molar-refractivity contribution in [1.82, 2.24) is 15.1 Å². The number of nitriles is 1. The number of piperazine rings is 1. The number of unbranched alkanes of at least 4 members (excludes halogenated alkanes) is 1. The largest absolute Gasteiger partial charge is 0.449 e. The van der Waals surface area contributed by atoms with Crippen LogP contribution in [0.5, 0.6) is 0 Å². The van der Waals surface area contributed by atoms with Crippen LogP contribution >= 0.6 is 0 Å². The minimum atomic E-state index is -0.979. The van der Waals surface area contributed by atoms with E-state index in [9.17, 15) is 14.4 Å². The third-order valence-corrected chi connectivity index (χ3v) is 3.86. The van der Waals surface area contributed by atoms with Crippen molar-refractivity contribution in [3.63, 3.8) is 0 Å². The number of hydrogen-bond acceptors (Lipinski definition) is 6. The summed E-state index contributed by atoms with van der Waals surface area (Å²) in [6, 6.07) is 0.931. The van der Waals surface area contributed by atoms with Crippen molar-refractivity contribution in [2.75, 3.05) is 32.8 Å². The third kappa shape index (κ3) is 8.15. The van der Waals surface area contributed by atoms with Gasteiger partial charge in [-0.2, -0.15) is 5.26 Å². The lowest BCUT2D eigenvalue weighted by molar-refractivity contribution is -0.135. The standard InChI is InChI=1S/C18H30N4O5/c1-5-6-13-26-17(25)22-11-9-21(10-12-22)15(23)14(7-8-19)20-16(24)27-18(2,3)4/h14H,5-7,9-13H2,1-4H3,(H,20,24). The average molecular weight is 382 g/mol. The second kappa shape index (κ2) is 10.6. The molecule has 9 heteroatoms. The summed E-state index contributed by atoms with van der Waals surface area (Å²) >= 11 is 0. The minimum Gasteiger partial charge on any atom is -0.449 e. The van der Waals surface area contributed by atoms with E-state index in [2.05, 4.69) is 5.32 Å². The summed E-state index contributed by atoms with van der Waals surface area (Å²) in [4.78, 5) is 39.6. The molecule has 1 heterocycles. The van der Waals surface area contributed by atoms with Crippen LogP contribution in [-0.4, -0.2) is 72.3 Å². The van der Waals surface area contributed by atoms with Gasteiger partial charge in [-0.15, -0.1) is 0 Å². The van der Waals surface area contributed by atoms with E-state index in [1.165, 1.54) is 4.90 Å². The highest BCUT2D eigenvalue weighted by molar-refractivity contribution is 5.86. The van der Waals surface area contributed by atoms with Crippen molar-refractivity contribution >= 4 is 18.1 Å². The molecule has 0 aromatic carbocycles. The van der Waals surface area contributed by atoms with Gasteiger partial charge >= 0.3 is 12.2 Å². The zero-order chi connectivity index (χ0) is 20.4. The Morgan fingerprint density at radius 3 is 2.26 bits per heavy atom. The van der Waals surface area contributed by atoms with Crippen molar-refractivity contribution in [2.24, 2.45) is 0 Å². The predicted molar refractivity (Wildman–Crippen MR) is 97.8 cm³/mol. The second-order valence-electron chi connectivity index (χ2n) is 7.34. The third-order valence-electron chi connectivity index (χ3n) is 3.86. The van der Waals surface area contributed by atoms with Crippen molar-refractivity contribution in [1.29, 1.82) is 5.26 Å². The topological polar surface area (TPSA) is 112 Å². The van der Waals surface area contributed by atoms with E-state index >= 15 is 0 Å². The average Bonchev–Trinajstić information content (AvgIpc) is 2.59. The maximum atomic E-state index is 12.6. The van der Waals surface area contributed by atoms with E-state index in [-0.39, 0.29) is 18.4 Å². The number of hydrogen-bond donors (Lipinski definition) is 1. The fraction of sp³-hybridized carbons (Fsp3) is 0.778. The number of amides is 3. The summed E-state index contributed by atoms with van der Waals surface area (Å²) in [5, 5.41) is 11.4. The highest BCUT2D eigenvalue weighted by atomic mass is 16.6. The number of carbonyl (C=O) groups is 3. The van der Waals surface area contributed by atoms with E-state index in [1.54, 1.807) is 25.7 Å². The molecule has 1 atom stereocenters. The Morgan fingerprint density at radius 2 is 1.74 bits per heavy atom. The molecule has 9 nitrogen and oxygen atoms in total. The van der Waals surface area contributed by atoms with E-state index < -0.39 is 17.7 Å². The van der Waals surface area contributed by atoms with Gasteiger partial charge in [-0.05, 0) is 27.2 Å². The van der Waals surface area contributed by atoms with Gasteiger partial charge in [0.1, 0.15) is 11.6 Å². The number of alkyl carbamates (subject to hydrolysis) is 1. The van der Waals surface area contributed by atoms with Crippen LogP contribution in [-0.2, 0) is 14.3 Å². The number of carbonyl (C=O) groups excluding carboxylic acids is 3. The molecule has 1 unspecified atom stereocenters. The smallest absolute Gasteiger partial charge is 0.409 e. The second-order valence-corrected chi connectivity index (χ2v) is 7.34. The van der Waals surface area contributed by atoms with Gasteiger partial charge in [-0.25, -0.2) is 9.59 Å². The van der Waals surface area contributed by atoms with Crippen LogP contribution in [0.1, 0.15) is 47.0 Å². The number of rotatable bonds is 6. The molecule has 0 aromatic rings. The van der Waals surface area contributed by atoms with E-state index in [0.29, 0.717) is 32.8 Å². The molecule has 1 fully saturated rings. The number of nitrogens with zero attached hydrogens (tertiary/aromatic N) is 3. The molecule has 152 valence electrons. The summed E-state index contributed by atoms with van der Waals surface area (Å²) in [5.74, 6) is -0.360. The Kier molecular flexibility index (Phi) is 8.85. The molecule has 1 saturated heterocycles. The van der Waals surface area contributed by atoms with Gasteiger partial charge in [-0.3, -0.25) is 4.79 Å². The summed E-state index contributed by atoms with van der Waals surface area (Å²) in [5.41, 5.74) is -0.700. The molecule has 1 aliphatic heterocycles. The maximum absolute atomic E-state index is 12.6. The molecule has 0 spiro atoms. The number of nitrogens with one attached hydrogen (secondary N) is 1. The normalized spacial score (nSPS) is 15.5. The zero-order valence-corrected chi connectivity index (χ0v) is 16.6. The molecule has 0 radical (unpaired) electrons. The van der Waals surface area contributed by atoms with Crippen LogP contribution in [0.4, 0.5) is 9.59 Å². The first-order valence-corrected chi connectivity index (χ1v) is 9.25. The van der Waals surface area contributed by atoms with Crippen molar-refractivity contribution < 1.29 is 23.9 Å². The highest BCUT2D eigenvalue weighted by Crippen LogP contribution is 2.10. The lowest BCUT2D eigenvalue weighted by Crippen LogP contribution is -2.56. The maximum Gasteiger partial charge on any atom is 0.409 e. The molecular weight excluding hydrogens is 352 g/mol. The molecule has 0 aliphatic carbocycles. The van der Waals surface area contributed by atoms with Gasteiger partial charge in [-0.1, -0.05) is 13.3 Å². The van der Waals surface area contributed by atoms with Gasteiger partial charge in [0, 0.05) is 26.2 Å². The Hall–Kier alpha value is -2.50. The van der Waals surface area contributed by atoms with Crippen LogP contribution in [0.2, 0.25) is 0 Å². The van der Waals surface area contributed by atoms with Gasteiger partial charge in [0.05, 0.1) is 19.1 Å². The van der Waals surface area contributed by atoms with Crippen molar-refractivity contribution in [3.05, 3.63) is 0 Å². The predicted octanol–water partition coefficient (Wildman–Crippen LogP) is 1.87. The first-order valence-electron chi connectivity index (χ1n) is 9.25. The summed E-state index contributed by atoms with van der Waals surface area (Å²) in [6.07, 6.45) is 0.485. The monoisotopic (exact) mass is 382 g/mol. The minimum absolute atomic E-state index is 0.155. The molecule has 1 rings (SSSR count). The van der Waals surface area contributed by atoms with Gasteiger partial charge in [0.15, 0.2) is 0 Å². The molecule has 0 saturated carbocycles. The van der Waals surface area contributed by atoms with Crippen LogP contribution < -0.4 is 5.32 Å².